The van der Waals surface area contributed by atoms with Gasteiger partial charge in [-0.2, -0.15) is 0 Å². The van der Waals surface area contributed by atoms with E-state index in [4.69, 9.17) is 4.42 Å². The molecule has 0 aliphatic rings. The van der Waals surface area contributed by atoms with Crippen molar-refractivity contribution in [2.24, 2.45) is 7.05 Å². The van der Waals surface area contributed by atoms with Crippen molar-refractivity contribution in [3.05, 3.63) is 70.3 Å². The molecule has 24 heavy (non-hydrogen) atoms. The van der Waals surface area contributed by atoms with Gasteiger partial charge in [0.25, 0.3) is 5.91 Å². The van der Waals surface area contributed by atoms with E-state index in [1.807, 2.05) is 29.9 Å². The fourth-order valence-electron chi connectivity index (χ4n) is 2.61. The van der Waals surface area contributed by atoms with E-state index < -0.39 is 17.6 Å². The number of benzene rings is 1. The summed E-state index contributed by atoms with van der Waals surface area (Å²) in [5.74, 6) is -0.506. The van der Waals surface area contributed by atoms with Gasteiger partial charge in [0.1, 0.15) is 11.1 Å². The first kappa shape index (κ1) is 16.0. The maximum absolute atomic E-state index is 12.2. The molecule has 1 amide bonds. The first-order chi connectivity index (χ1) is 11.6. The molecule has 6 heteroatoms. The molecule has 2 aromatic heterocycles. The van der Waals surface area contributed by atoms with Crippen molar-refractivity contribution in [3.8, 4) is 0 Å². The van der Waals surface area contributed by atoms with Crippen LogP contribution in [0, 0.1) is 0 Å². The molecule has 2 N–H and O–H groups in total. The number of hydrogen-bond acceptors (Lipinski definition) is 4. The highest BCUT2D eigenvalue weighted by Gasteiger charge is 2.15. The van der Waals surface area contributed by atoms with Gasteiger partial charge in [0.05, 0.1) is 6.10 Å². The number of aryl methyl sites for hydroxylation is 1. The molecule has 6 nitrogen and oxygen atoms in total. The first-order valence-electron chi connectivity index (χ1n) is 7.66. The van der Waals surface area contributed by atoms with E-state index in [1.165, 1.54) is 6.07 Å². The van der Waals surface area contributed by atoms with Crippen LogP contribution in [0.25, 0.3) is 11.0 Å². The maximum Gasteiger partial charge on any atom is 0.349 e. The van der Waals surface area contributed by atoms with Crippen molar-refractivity contribution in [1.82, 2.24) is 9.88 Å². The Morgan fingerprint density at radius 3 is 2.83 bits per heavy atom. The summed E-state index contributed by atoms with van der Waals surface area (Å²) >= 11 is 0. The molecule has 124 valence electrons. The number of carbonyl (C=O) groups is 1. The minimum absolute atomic E-state index is 0.0398. The molecule has 1 aromatic carbocycles. The second-order valence-electron chi connectivity index (χ2n) is 5.59. The van der Waals surface area contributed by atoms with Gasteiger partial charge in [-0.05, 0) is 30.7 Å². The largest absolute Gasteiger partial charge is 0.422 e. The zero-order valence-corrected chi connectivity index (χ0v) is 13.2. The molecule has 3 rings (SSSR count). The number of carbonyl (C=O) groups excluding carboxylic acids is 1. The number of aliphatic hydroxyl groups excluding tert-OH is 1. The van der Waals surface area contributed by atoms with Gasteiger partial charge in [-0.15, -0.1) is 0 Å². The number of nitrogens with one attached hydrogen (secondary N) is 1. The normalized spacial score (nSPS) is 12.2. The standard InChI is InChI=1S/C18H18N2O4/c1-20-10-4-6-14(20)15(21)8-9-19-17(22)13-11-12-5-2-3-7-16(12)24-18(13)23/h2-7,10-11,15,21H,8-9H2,1H3,(H,19,22)/t15-/m0/s1. The third-order valence-corrected chi connectivity index (χ3v) is 3.91. The number of amides is 1. The van der Waals surface area contributed by atoms with Crippen LogP contribution in [0.3, 0.4) is 0 Å². The molecule has 0 aliphatic carbocycles. The van der Waals surface area contributed by atoms with E-state index >= 15 is 0 Å². The Labute approximate surface area is 138 Å². The summed E-state index contributed by atoms with van der Waals surface area (Å²) in [5, 5.41) is 13.5. The lowest BCUT2D eigenvalue weighted by molar-refractivity contribution is 0.0938. The second kappa shape index (κ2) is 6.72. The predicted molar refractivity (Wildman–Crippen MR) is 89.8 cm³/mol. The number of rotatable bonds is 5. The lowest BCUT2D eigenvalue weighted by Crippen LogP contribution is -2.29. The van der Waals surface area contributed by atoms with Gasteiger partial charge in [-0.3, -0.25) is 4.79 Å². The summed E-state index contributed by atoms with van der Waals surface area (Å²) in [6.07, 6.45) is 1.51. The quantitative estimate of drug-likeness (QED) is 0.702. The molecule has 2 heterocycles. The molecule has 0 unspecified atom stereocenters. The van der Waals surface area contributed by atoms with Crippen molar-refractivity contribution in [2.45, 2.75) is 12.5 Å². The second-order valence-corrected chi connectivity index (χ2v) is 5.59. The summed E-state index contributed by atoms with van der Waals surface area (Å²) in [7, 11) is 1.84. The molecule has 0 bridgehead atoms. The minimum Gasteiger partial charge on any atom is -0.422 e. The van der Waals surface area contributed by atoms with Crippen LogP contribution in [0.4, 0.5) is 0 Å². The van der Waals surface area contributed by atoms with Gasteiger partial charge in [-0.1, -0.05) is 18.2 Å². The van der Waals surface area contributed by atoms with Gasteiger partial charge in [-0.25, -0.2) is 4.79 Å². The molecule has 0 saturated carbocycles. The Morgan fingerprint density at radius 2 is 2.08 bits per heavy atom. The topological polar surface area (TPSA) is 84.5 Å². The SMILES string of the molecule is Cn1cccc1[C@@H](O)CCNC(=O)c1cc2ccccc2oc1=O. The van der Waals surface area contributed by atoms with E-state index in [0.717, 1.165) is 5.69 Å². The van der Waals surface area contributed by atoms with Crippen molar-refractivity contribution < 1.29 is 14.3 Å². The summed E-state index contributed by atoms with van der Waals surface area (Å²) in [4.78, 5) is 24.1. The molecular formula is C18H18N2O4. The Balaban J connectivity index is 1.66. The summed E-state index contributed by atoms with van der Waals surface area (Å²) in [5.41, 5.74) is 0.504. The Bertz CT molecular complexity index is 926. The predicted octanol–water partition coefficient (Wildman–Crippen LogP) is 1.98. The van der Waals surface area contributed by atoms with Crippen LogP contribution in [-0.2, 0) is 7.05 Å². The average Bonchev–Trinajstić information content (AvgIpc) is 3.00. The van der Waals surface area contributed by atoms with Gasteiger partial charge in [0.2, 0.25) is 0 Å². The number of fused-ring (bicyclic) bond motifs is 1. The summed E-state index contributed by atoms with van der Waals surface area (Å²) < 4.78 is 6.97. The Hall–Kier alpha value is -2.86. The monoisotopic (exact) mass is 326 g/mol. The van der Waals surface area contributed by atoms with Crippen LogP contribution >= 0.6 is 0 Å². The van der Waals surface area contributed by atoms with Gasteiger partial charge < -0.3 is 19.4 Å². The molecule has 0 fully saturated rings. The van der Waals surface area contributed by atoms with Crippen LogP contribution in [0.5, 0.6) is 0 Å². The number of para-hydroxylation sites is 1. The van der Waals surface area contributed by atoms with E-state index in [1.54, 1.807) is 24.3 Å². The molecule has 3 aromatic rings. The van der Waals surface area contributed by atoms with Crippen molar-refractivity contribution in [1.29, 1.82) is 0 Å². The van der Waals surface area contributed by atoms with Crippen molar-refractivity contribution in [2.75, 3.05) is 6.54 Å². The third kappa shape index (κ3) is 3.23. The Morgan fingerprint density at radius 1 is 1.29 bits per heavy atom. The van der Waals surface area contributed by atoms with Gasteiger partial charge in [0.15, 0.2) is 0 Å². The molecule has 0 radical (unpaired) electrons. The number of aromatic nitrogens is 1. The highest BCUT2D eigenvalue weighted by molar-refractivity contribution is 5.96. The molecule has 1 atom stereocenters. The smallest absolute Gasteiger partial charge is 0.349 e. The summed E-state index contributed by atoms with van der Waals surface area (Å²) in [6, 6.07) is 12.2. The number of nitrogens with zero attached hydrogens (tertiary/aromatic N) is 1. The molecule has 0 saturated heterocycles. The molecule has 0 spiro atoms. The molecule has 0 aliphatic heterocycles. The van der Waals surface area contributed by atoms with Gasteiger partial charge >= 0.3 is 5.63 Å². The zero-order chi connectivity index (χ0) is 17.1. The summed E-state index contributed by atoms with van der Waals surface area (Å²) in [6.45, 7) is 0.247. The lowest BCUT2D eigenvalue weighted by atomic mass is 10.1. The van der Waals surface area contributed by atoms with Crippen LogP contribution < -0.4 is 10.9 Å². The van der Waals surface area contributed by atoms with Crippen molar-refractivity contribution in [3.63, 3.8) is 0 Å². The fraction of sp³-hybridized carbons (Fsp3) is 0.222. The van der Waals surface area contributed by atoms with Crippen LogP contribution in [-0.4, -0.2) is 22.1 Å². The minimum atomic E-state index is -0.682. The first-order valence-corrected chi connectivity index (χ1v) is 7.66. The number of aliphatic hydroxyl groups is 1. The van der Waals surface area contributed by atoms with Crippen LogP contribution in [0.15, 0.2) is 57.9 Å². The lowest BCUT2D eigenvalue weighted by Gasteiger charge is -2.12. The average molecular weight is 326 g/mol. The third-order valence-electron chi connectivity index (χ3n) is 3.91. The van der Waals surface area contributed by atoms with Crippen molar-refractivity contribution >= 4 is 16.9 Å². The van der Waals surface area contributed by atoms with Crippen LogP contribution in [0.1, 0.15) is 28.6 Å². The maximum atomic E-state index is 12.2. The van der Waals surface area contributed by atoms with E-state index in [-0.39, 0.29) is 12.1 Å². The fourth-order valence-corrected chi connectivity index (χ4v) is 2.61. The van der Waals surface area contributed by atoms with Gasteiger partial charge in [0, 0.05) is 30.9 Å². The number of hydrogen-bond donors (Lipinski definition) is 2. The van der Waals surface area contributed by atoms with E-state index in [0.29, 0.717) is 17.4 Å². The molecular weight excluding hydrogens is 308 g/mol. The Kier molecular flexibility index (Phi) is 4.48. The van der Waals surface area contributed by atoms with E-state index in [9.17, 15) is 14.7 Å². The van der Waals surface area contributed by atoms with E-state index in [2.05, 4.69) is 5.32 Å². The zero-order valence-electron chi connectivity index (χ0n) is 13.2. The highest BCUT2D eigenvalue weighted by Crippen LogP contribution is 2.16. The van der Waals surface area contributed by atoms with Crippen LogP contribution in [0.2, 0.25) is 0 Å². The highest BCUT2D eigenvalue weighted by atomic mass is 16.4.